The molecular formula is C25H25N5O2. The van der Waals surface area contributed by atoms with E-state index in [9.17, 15) is 9.59 Å². The zero-order chi connectivity index (χ0) is 22.1. The molecule has 0 radical (unpaired) electrons. The molecule has 162 valence electrons. The second kappa shape index (κ2) is 8.51. The molecular weight excluding hydrogens is 402 g/mol. The molecule has 2 aliphatic rings. The SMILES string of the molecule is CN1C(=O)c2cnc(-c3ccccc3)nc2N(C(=O)CN2CCCCC2)c2ccccc21. The molecule has 0 spiro atoms. The van der Waals surface area contributed by atoms with Crippen molar-refractivity contribution in [2.45, 2.75) is 19.3 Å². The molecule has 3 heterocycles. The third-order valence-electron chi connectivity index (χ3n) is 6.09. The van der Waals surface area contributed by atoms with Gasteiger partial charge in [0.25, 0.3) is 5.91 Å². The number of benzene rings is 2. The minimum atomic E-state index is -0.236. The highest BCUT2D eigenvalue weighted by Gasteiger charge is 2.34. The van der Waals surface area contributed by atoms with E-state index in [1.807, 2.05) is 54.6 Å². The number of aromatic nitrogens is 2. The van der Waals surface area contributed by atoms with E-state index in [-0.39, 0.29) is 18.4 Å². The highest BCUT2D eigenvalue weighted by atomic mass is 16.2. The van der Waals surface area contributed by atoms with Gasteiger partial charge in [-0.1, -0.05) is 48.9 Å². The van der Waals surface area contributed by atoms with Gasteiger partial charge in [0.1, 0.15) is 5.56 Å². The Bertz CT molecular complexity index is 1160. The molecule has 0 saturated carbocycles. The van der Waals surface area contributed by atoms with Gasteiger partial charge in [-0.25, -0.2) is 9.97 Å². The first-order chi connectivity index (χ1) is 15.6. The van der Waals surface area contributed by atoms with Gasteiger partial charge in [0, 0.05) is 18.8 Å². The number of carbonyl (C=O) groups is 2. The van der Waals surface area contributed by atoms with Crippen LogP contribution in [0.2, 0.25) is 0 Å². The van der Waals surface area contributed by atoms with Crippen molar-refractivity contribution in [2.75, 3.05) is 36.5 Å². The maximum absolute atomic E-state index is 13.7. The minimum Gasteiger partial charge on any atom is -0.309 e. The lowest BCUT2D eigenvalue weighted by Crippen LogP contribution is -2.41. The summed E-state index contributed by atoms with van der Waals surface area (Å²) in [5, 5.41) is 0. The fourth-order valence-electron chi connectivity index (χ4n) is 4.39. The van der Waals surface area contributed by atoms with Crippen molar-refractivity contribution in [2.24, 2.45) is 0 Å². The van der Waals surface area contributed by atoms with Crippen LogP contribution in [0.15, 0.2) is 60.8 Å². The molecule has 0 unspecified atom stereocenters. The predicted molar refractivity (Wildman–Crippen MR) is 124 cm³/mol. The van der Waals surface area contributed by atoms with E-state index in [1.54, 1.807) is 16.8 Å². The lowest BCUT2D eigenvalue weighted by molar-refractivity contribution is -0.119. The number of rotatable bonds is 3. The summed E-state index contributed by atoms with van der Waals surface area (Å²) in [6, 6.07) is 17.1. The molecule has 7 heteroatoms. The van der Waals surface area contributed by atoms with Gasteiger partial charge in [0.05, 0.1) is 17.9 Å². The zero-order valence-electron chi connectivity index (χ0n) is 18.1. The van der Waals surface area contributed by atoms with Crippen molar-refractivity contribution in [1.82, 2.24) is 14.9 Å². The summed E-state index contributed by atoms with van der Waals surface area (Å²) in [4.78, 5) is 41.6. The maximum atomic E-state index is 13.7. The number of piperidine rings is 1. The second-order valence-corrected chi connectivity index (χ2v) is 8.22. The van der Waals surface area contributed by atoms with Gasteiger partial charge in [-0.05, 0) is 38.1 Å². The number of likely N-dealkylation sites (tertiary alicyclic amines) is 1. The van der Waals surface area contributed by atoms with Crippen LogP contribution in [-0.4, -0.2) is 53.4 Å². The van der Waals surface area contributed by atoms with Gasteiger partial charge in [-0.3, -0.25) is 19.4 Å². The summed E-state index contributed by atoms with van der Waals surface area (Å²) < 4.78 is 0. The van der Waals surface area contributed by atoms with E-state index in [0.717, 1.165) is 31.5 Å². The van der Waals surface area contributed by atoms with Crippen molar-refractivity contribution in [3.05, 3.63) is 66.4 Å². The molecule has 1 aromatic heterocycles. The van der Waals surface area contributed by atoms with Crippen molar-refractivity contribution >= 4 is 29.0 Å². The summed E-state index contributed by atoms with van der Waals surface area (Å²) >= 11 is 0. The van der Waals surface area contributed by atoms with Crippen LogP contribution in [0.25, 0.3) is 11.4 Å². The minimum absolute atomic E-state index is 0.0959. The first-order valence-electron chi connectivity index (χ1n) is 11.0. The number of hydrogen-bond acceptors (Lipinski definition) is 5. The summed E-state index contributed by atoms with van der Waals surface area (Å²) in [7, 11) is 1.72. The molecule has 5 rings (SSSR count). The van der Waals surface area contributed by atoms with Crippen LogP contribution in [0, 0.1) is 0 Å². The normalized spacial score (nSPS) is 16.3. The molecule has 7 nitrogen and oxygen atoms in total. The fraction of sp³-hybridized carbons (Fsp3) is 0.280. The van der Waals surface area contributed by atoms with E-state index in [1.165, 1.54) is 12.6 Å². The Hall–Kier alpha value is -3.58. The second-order valence-electron chi connectivity index (χ2n) is 8.22. The van der Waals surface area contributed by atoms with E-state index in [2.05, 4.69) is 9.88 Å². The first kappa shape index (κ1) is 20.3. The number of amides is 2. The van der Waals surface area contributed by atoms with Crippen molar-refractivity contribution in [3.63, 3.8) is 0 Å². The van der Waals surface area contributed by atoms with Crippen LogP contribution >= 0.6 is 0 Å². The standard InChI is InChI=1S/C25H25N5O2/c1-28-20-12-6-7-13-21(20)30(22(31)17-29-14-8-3-9-15-29)24-19(25(28)32)16-26-23(27-24)18-10-4-2-5-11-18/h2,4-7,10-13,16H,3,8-9,14-15,17H2,1H3. The van der Waals surface area contributed by atoms with Crippen LogP contribution in [0.3, 0.4) is 0 Å². The Morgan fingerprint density at radius 2 is 1.62 bits per heavy atom. The summed E-state index contributed by atoms with van der Waals surface area (Å²) in [6.45, 7) is 2.11. The first-order valence-corrected chi connectivity index (χ1v) is 11.0. The van der Waals surface area contributed by atoms with Gasteiger partial charge in [-0.2, -0.15) is 0 Å². The lowest BCUT2D eigenvalue weighted by Gasteiger charge is -2.29. The van der Waals surface area contributed by atoms with E-state index in [4.69, 9.17) is 4.98 Å². The Morgan fingerprint density at radius 3 is 2.38 bits per heavy atom. The van der Waals surface area contributed by atoms with Gasteiger partial charge in [-0.15, -0.1) is 0 Å². The predicted octanol–water partition coefficient (Wildman–Crippen LogP) is 3.88. The summed E-state index contributed by atoms with van der Waals surface area (Å²) in [6.07, 6.45) is 4.94. The third-order valence-corrected chi connectivity index (χ3v) is 6.09. The molecule has 3 aromatic rings. The molecule has 32 heavy (non-hydrogen) atoms. The van der Waals surface area contributed by atoms with E-state index >= 15 is 0 Å². The average molecular weight is 428 g/mol. The van der Waals surface area contributed by atoms with Gasteiger partial charge >= 0.3 is 0 Å². The third kappa shape index (κ3) is 3.65. The Balaban J connectivity index is 1.65. The average Bonchev–Trinajstić information content (AvgIpc) is 2.93. The maximum Gasteiger partial charge on any atom is 0.263 e. The number of para-hydroxylation sites is 2. The molecule has 1 fully saturated rings. The van der Waals surface area contributed by atoms with Crippen LogP contribution in [-0.2, 0) is 4.79 Å². The zero-order valence-corrected chi connectivity index (χ0v) is 18.1. The molecule has 0 atom stereocenters. The number of anilines is 3. The van der Waals surface area contributed by atoms with E-state index in [0.29, 0.717) is 28.6 Å². The van der Waals surface area contributed by atoms with Gasteiger partial charge in [0.2, 0.25) is 5.91 Å². The molecule has 1 saturated heterocycles. The summed E-state index contributed by atoms with van der Waals surface area (Å²) in [5.74, 6) is 0.486. The van der Waals surface area contributed by atoms with Crippen molar-refractivity contribution in [3.8, 4) is 11.4 Å². The quantitative estimate of drug-likeness (QED) is 0.634. The monoisotopic (exact) mass is 427 g/mol. The molecule has 2 aromatic carbocycles. The summed E-state index contributed by atoms with van der Waals surface area (Å²) in [5.41, 5.74) is 2.47. The van der Waals surface area contributed by atoms with E-state index < -0.39 is 0 Å². The smallest absolute Gasteiger partial charge is 0.263 e. The number of nitrogens with zero attached hydrogens (tertiary/aromatic N) is 5. The van der Waals surface area contributed by atoms with Crippen LogP contribution in [0.4, 0.5) is 17.2 Å². The number of fused-ring (bicyclic) bond motifs is 2. The fourth-order valence-corrected chi connectivity index (χ4v) is 4.39. The van der Waals surface area contributed by atoms with Gasteiger partial charge in [0.15, 0.2) is 11.6 Å². The Labute approximate surface area is 187 Å². The highest BCUT2D eigenvalue weighted by molar-refractivity contribution is 6.18. The highest BCUT2D eigenvalue weighted by Crippen LogP contribution is 2.39. The lowest BCUT2D eigenvalue weighted by atomic mass is 10.1. The molecule has 2 amide bonds. The van der Waals surface area contributed by atoms with Gasteiger partial charge < -0.3 is 4.90 Å². The molecule has 0 N–H and O–H groups in total. The van der Waals surface area contributed by atoms with Crippen LogP contribution in [0.5, 0.6) is 0 Å². The number of hydrogen-bond donors (Lipinski definition) is 0. The Kier molecular flexibility index (Phi) is 5.41. The number of carbonyl (C=O) groups excluding carboxylic acids is 2. The molecule has 0 aliphatic carbocycles. The molecule has 0 bridgehead atoms. The van der Waals surface area contributed by atoms with Crippen molar-refractivity contribution in [1.29, 1.82) is 0 Å². The van der Waals surface area contributed by atoms with Crippen molar-refractivity contribution < 1.29 is 9.59 Å². The largest absolute Gasteiger partial charge is 0.309 e. The van der Waals surface area contributed by atoms with Crippen LogP contribution in [0.1, 0.15) is 29.6 Å². The van der Waals surface area contributed by atoms with Crippen LogP contribution < -0.4 is 9.80 Å². The molecule has 2 aliphatic heterocycles. The Morgan fingerprint density at radius 1 is 0.938 bits per heavy atom. The topological polar surface area (TPSA) is 69.6 Å².